The maximum atomic E-state index is 12.4. The quantitative estimate of drug-likeness (QED) is 0.752. The Labute approximate surface area is 123 Å². The van der Waals surface area contributed by atoms with Crippen molar-refractivity contribution >= 4 is 17.7 Å². The Bertz CT molecular complexity index is 544. The van der Waals surface area contributed by atoms with Gasteiger partial charge >= 0.3 is 0 Å². The fourth-order valence-electron chi connectivity index (χ4n) is 2.47. The average Bonchev–Trinajstić information content (AvgIpc) is 2.46. The minimum Gasteiger partial charge on any atom is -0.320 e. The lowest BCUT2D eigenvalue weighted by atomic mass is 10.0. The van der Waals surface area contributed by atoms with E-state index in [1.165, 1.54) is 4.90 Å². The zero-order chi connectivity index (χ0) is 15.4. The summed E-state index contributed by atoms with van der Waals surface area (Å²) in [6, 6.07) is 8.02. The third kappa shape index (κ3) is 3.46. The fraction of sp³-hybridized carbons (Fsp3) is 0.400. The summed E-state index contributed by atoms with van der Waals surface area (Å²) in [5.41, 5.74) is 6.90. The number of nitrogens with zero attached hydrogens (tertiary/aromatic N) is 1. The van der Waals surface area contributed by atoms with Crippen LogP contribution in [0.1, 0.15) is 18.9 Å². The van der Waals surface area contributed by atoms with Crippen LogP contribution < -0.4 is 11.1 Å². The Hall–Kier alpha value is -2.21. The van der Waals surface area contributed by atoms with Crippen LogP contribution in [0, 0.1) is 0 Å². The molecule has 3 N–H and O–H groups in total. The van der Waals surface area contributed by atoms with E-state index in [4.69, 9.17) is 5.73 Å². The van der Waals surface area contributed by atoms with Gasteiger partial charge in [-0.2, -0.15) is 0 Å². The molecule has 1 heterocycles. The predicted octanol–water partition coefficient (Wildman–Crippen LogP) is -0.180. The Morgan fingerprint density at radius 2 is 2.05 bits per heavy atom. The molecule has 1 aromatic rings. The first kappa shape index (κ1) is 15.2. The summed E-state index contributed by atoms with van der Waals surface area (Å²) < 4.78 is 0. The fourth-order valence-corrected chi connectivity index (χ4v) is 2.47. The maximum Gasteiger partial charge on any atom is 0.249 e. The third-order valence-electron chi connectivity index (χ3n) is 3.54. The number of piperazine rings is 1. The number of carbonyl (C=O) groups is 3. The number of carbonyl (C=O) groups excluding carboxylic acids is 3. The van der Waals surface area contributed by atoms with Crippen molar-refractivity contribution in [3.05, 3.63) is 35.9 Å². The van der Waals surface area contributed by atoms with Gasteiger partial charge in [0, 0.05) is 0 Å². The van der Waals surface area contributed by atoms with Gasteiger partial charge in [0.25, 0.3) is 0 Å². The number of hydrogen-bond donors (Lipinski definition) is 2. The molecular formula is C15H19N3O3. The molecule has 1 fully saturated rings. The van der Waals surface area contributed by atoms with Crippen molar-refractivity contribution in [2.75, 3.05) is 6.54 Å². The zero-order valence-corrected chi connectivity index (χ0v) is 11.9. The molecule has 21 heavy (non-hydrogen) atoms. The van der Waals surface area contributed by atoms with Crippen LogP contribution >= 0.6 is 0 Å². The van der Waals surface area contributed by atoms with E-state index in [1.807, 2.05) is 30.3 Å². The van der Waals surface area contributed by atoms with Gasteiger partial charge in [-0.15, -0.1) is 0 Å². The van der Waals surface area contributed by atoms with Crippen LogP contribution in [0.15, 0.2) is 30.3 Å². The highest BCUT2D eigenvalue weighted by Crippen LogP contribution is 2.12. The standard InChI is InChI=1S/C15H19N3O3/c1-2-12-14(20)17-13(19)9-18(12)15(21)11(16)8-10-6-4-3-5-7-10/h3-7,11-12H,2,8-9,16H2,1H3,(H,17,19,20)/t11-,12?/m1/s1. The summed E-state index contributed by atoms with van der Waals surface area (Å²) in [5, 5.41) is 2.24. The van der Waals surface area contributed by atoms with Crippen LogP contribution in [0.5, 0.6) is 0 Å². The van der Waals surface area contributed by atoms with E-state index < -0.39 is 23.9 Å². The van der Waals surface area contributed by atoms with Crippen LogP contribution in [-0.4, -0.2) is 41.2 Å². The van der Waals surface area contributed by atoms with Crippen LogP contribution in [-0.2, 0) is 20.8 Å². The van der Waals surface area contributed by atoms with E-state index in [1.54, 1.807) is 6.92 Å². The van der Waals surface area contributed by atoms with Gasteiger partial charge in [0.2, 0.25) is 17.7 Å². The van der Waals surface area contributed by atoms with Gasteiger partial charge < -0.3 is 10.6 Å². The molecule has 2 atom stereocenters. The zero-order valence-electron chi connectivity index (χ0n) is 11.9. The molecule has 0 spiro atoms. The van der Waals surface area contributed by atoms with Gasteiger partial charge in [-0.3, -0.25) is 19.7 Å². The smallest absolute Gasteiger partial charge is 0.249 e. The molecule has 0 radical (unpaired) electrons. The third-order valence-corrected chi connectivity index (χ3v) is 3.54. The first-order valence-electron chi connectivity index (χ1n) is 6.96. The number of rotatable bonds is 4. The molecule has 6 heteroatoms. The topological polar surface area (TPSA) is 92.5 Å². The summed E-state index contributed by atoms with van der Waals surface area (Å²) in [6.07, 6.45) is 0.825. The van der Waals surface area contributed by atoms with Crippen molar-refractivity contribution in [3.63, 3.8) is 0 Å². The number of imide groups is 1. The molecular weight excluding hydrogens is 270 g/mol. The average molecular weight is 289 g/mol. The summed E-state index contributed by atoms with van der Waals surface area (Å²) >= 11 is 0. The largest absolute Gasteiger partial charge is 0.320 e. The molecule has 6 nitrogen and oxygen atoms in total. The molecule has 1 saturated heterocycles. The molecule has 3 amide bonds. The minimum atomic E-state index is -0.764. The lowest BCUT2D eigenvalue weighted by Gasteiger charge is -2.35. The lowest BCUT2D eigenvalue weighted by Crippen LogP contribution is -2.62. The number of nitrogens with one attached hydrogen (secondary N) is 1. The SMILES string of the molecule is CCC1C(=O)NC(=O)CN1C(=O)[C@H](N)Cc1ccccc1. The van der Waals surface area contributed by atoms with Crippen molar-refractivity contribution in [1.29, 1.82) is 0 Å². The number of amides is 3. The Balaban J connectivity index is 2.09. The lowest BCUT2D eigenvalue weighted by molar-refractivity contribution is -0.150. The molecule has 1 aliphatic rings. The van der Waals surface area contributed by atoms with Crippen LogP contribution in [0.2, 0.25) is 0 Å². The van der Waals surface area contributed by atoms with Gasteiger partial charge in [0.1, 0.15) is 12.6 Å². The van der Waals surface area contributed by atoms with E-state index >= 15 is 0 Å². The second-order valence-electron chi connectivity index (χ2n) is 5.10. The Kier molecular flexibility index (Phi) is 4.70. The van der Waals surface area contributed by atoms with Crippen LogP contribution in [0.3, 0.4) is 0 Å². The van der Waals surface area contributed by atoms with Crippen LogP contribution in [0.25, 0.3) is 0 Å². The second-order valence-corrected chi connectivity index (χ2v) is 5.10. The summed E-state index contributed by atoms with van der Waals surface area (Å²) in [5.74, 6) is -1.27. The highest BCUT2D eigenvalue weighted by atomic mass is 16.2. The molecule has 0 bridgehead atoms. The molecule has 1 aromatic carbocycles. The van der Waals surface area contributed by atoms with E-state index in [-0.39, 0.29) is 12.5 Å². The Morgan fingerprint density at radius 3 is 2.67 bits per heavy atom. The summed E-state index contributed by atoms with van der Waals surface area (Å²) in [7, 11) is 0. The molecule has 1 unspecified atom stereocenters. The second kappa shape index (κ2) is 6.49. The van der Waals surface area contributed by atoms with E-state index in [9.17, 15) is 14.4 Å². The van der Waals surface area contributed by atoms with Crippen molar-refractivity contribution in [3.8, 4) is 0 Å². The van der Waals surface area contributed by atoms with E-state index in [0.29, 0.717) is 12.8 Å². The normalized spacial score (nSPS) is 20.1. The summed E-state index contributed by atoms with van der Waals surface area (Å²) in [6.45, 7) is 1.68. The van der Waals surface area contributed by atoms with Gasteiger partial charge in [-0.25, -0.2) is 0 Å². The van der Waals surface area contributed by atoms with Gasteiger partial charge in [-0.1, -0.05) is 37.3 Å². The molecule has 1 aliphatic heterocycles. The number of hydrogen-bond acceptors (Lipinski definition) is 4. The van der Waals surface area contributed by atoms with Crippen molar-refractivity contribution in [2.45, 2.75) is 31.8 Å². The Morgan fingerprint density at radius 1 is 1.38 bits per heavy atom. The van der Waals surface area contributed by atoms with Crippen molar-refractivity contribution in [2.24, 2.45) is 5.73 Å². The molecule has 112 valence electrons. The highest BCUT2D eigenvalue weighted by Gasteiger charge is 2.37. The summed E-state index contributed by atoms with van der Waals surface area (Å²) in [4.78, 5) is 36.9. The van der Waals surface area contributed by atoms with Crippen molar-refractivity contribution < 1.29 is 14.4 Å². The molecule has 0 aliphatic carbocycles. The van der Waals surface area contributed by atoms with E-state index in [2.05, 4.69) is 5.32 Å². The van der Waals surface area contributed by atoms with Crippen molar-refractivity contribution in [1.82, 2.24) is 10.2 Å². The maximum absolute atomic E-state index is 12.4. The monoisotopic (exact) mass is 289 g/mol. The number of benzene rings is 1. The molecule has 2 rings (SSSR count). The van der Waals surface area contributed by atoms with Gasteiger partial charge in [0.05, 0.1) is 6.04 Å². The van der Waals surface area contributed by atoms with Gasteiger partial charge in [-0.05, 0) is 18.4 Å². The highest BCUT2D eigenvalue weighted by molar-refractivity contribution is 6.04. The van der Waals surface area contributed by atoms with Gasteiger partial charge in [0.15, 0.2) is 0 Å². The first-order chi connectivity index (χ1) is 10.0. The molecule has 0 saturated carbocycles. The molecule has 0 aromatic heterocycles. The van der Waals surface area contributed by atoms with Crippen LogP contribution in [0.4, 0.5) is 0 Å². The first-order valence-corrected chi connectivity index (χ1v) is 6.96. The predicted molar refractivity (Wildman–Crippen MR) is 77.1 cm³/mol. The minimum absolute atomic E-state index is 0.119. The number of nitrogens with two attached hydrogens (primary N) is 1. The van der Waals surface area contributed by atoms with E-state index in [0.717, 1.165) is 5.56 Å².